The Morgan fingerprint density at radius 1 is 1.53 bits per heavy atom. The summed E-state index contributed by atoms with van der Waals surface area (Å²) in [4.78, 5) is 13.6. The first-order valence-corrected chi connectivity index (χ1v) is 5.76. The zero-order valence-corrected chi connectivity index (χ0v) is 10.5. The molecule has 0 bridgehead atoms. The summed E-state index contributed by atoms with van der Waals surface area (Å²) >= 11 is 0. The van der Waals surface area contributed by atoms with Crippen molar-refractivity contribution in [1.29, 1.82) is 0 Å². The number of anilines is 1. The standard InChI is InChI=1S/C13H19FN2O/c1-4-9(2)8-16(3)13(17)10-6-5-7-11(14)12(10)15/h5-7,9H,4,8,15H2,1-3H3. The highest BCUT2D eigenvalue weighted by atomic mass is 19.1. The monoisotopic (exact) mass is 238 g/mol. The third-order valence-electron chi connectivity index (χ3n) is 2.91. The lowest BCUT2D eigenvalue weighted by Gasteiger charge is -2.21. The number of para-hydroxylation sites is 1. The molecule has 94 valence electrons. The van der Waals surface area contributed by atoms with Crippen LogP contribution in [0.2, 0.25) is 0 Å². The van der Waals surface area contributed by atoms with E-state index >= 15 is 0 Å². The van der Waals surface area contributed by atoms with Gasteiger partial charge < -0.3 is 10.6 Å². The molecule has 0 aliphatic rings. The van der Waals surface area contributed by atoms with Gasteiger partial charge in [-0.2, -0.15) is 0 Å². The van der Waals surface area contributed by atoms with Gasteiger partial charge in [-0.15, -0.1) is 0 Å². The zero-order chi connectivity index (χ0) is 13.0. The van der Waals surface area contributed by atoms with Crippen LogP contribution in [0.5, 0.6) is 0 Å². The number of amides is 1. The number of nitrogens with zero attached hydrogens (tertiary/aromatic N) is 1. The molecule has 1 aromatic rings. The van der Waals surface area contributed by atoms with Gasteiger partial charge in [0.2, 0.25) is 0 Å². The van der Waals surface area contributed by atoms with Crippen molar-refractivity contribution >= 4 is 11.6 Å². The molecule has 0 fully saturated rings. The van der Waals surface area contributed by atoms with Crippen molar-refractivity contribution in [2.75, 3.05) is 19.3 Å². The first-order valence-electron chi connectivity index (χ1n) is 5.76. The minimum atomic E-state index is -0.548. The number of nitrogens with two attached hydrogens (primary N) is 1. The van der Waals surface area contributed by atoms with Crippen LogP contribution in [0, 0.1) is 11.7 Å². The van der Waals surface area contributed by atoms with Crippen molar-refractivity contribution in [3.63, 3.8) is 0 Å². The molecule has 1 amide bonds. The van der Waals surface area contributed by atoms with Gasteiger partial charge in [0.15, 0.2) is 0 Å². The second kappa shape index (κ2) is 5.66. The molecule has 0 aromatic heterocycles. The summed E-state index contributed by atoms with van der Waals surface area (Å²) in [5, 5.41) is 0. The van der Waals surface area contributed by atoms with E-state index in [1.807, 2.05) is 0 Å². The number of carbonyl (C=O) groups excluding carboxylic acids is 1. The fourth-order valence-corrected chi connectivity index (χ4v) is 1.61. The van der Waals surface area contributed by atoms with Crippen LogP contribution in [0.15, 0.2) is 18.2 Å². The van der Waals surface area contributed by atoms with E-state index in [4.69, 9.17) is 5.73 Å². The molecular formula is C13H19FN2O. The van der Waals surface area contributed by atoms with Crippen molar-refractivity contribution in [3.05, 3.63) is 29.6 Å². The third-order valence-corrected chi connectivity index (χ3v) is 2.91. The average Bonchev–Trinajstić information content (AvgIpc) is 2.31. The van der Waals surface area contributed by atoms with Crippen LogP contribution in [0.1, 0.15) is 30.6 Å². The molecule has 3 nitrogen and oxygen atoms in total. The highest BCUT2D eigenvalue weighted by Gasteiger charge is 2.17. The number of hydrogen-bond acceptors (Lipinski definition) is 2. The molecule has 1 atom stereocenters. The predicted octanol–water partition coefficient (Wildman–Crippen LogP) is 2.53. The summed E-state index contributed by atoms with van der Waals surface area (Å²) in [5.41, 5.74) is 5.72. The van der Waals surface area contributed by atoms with Gasteiger partial charge in [-0.3, -0.25) is 4.79 Å². The maximum atomic E-state index is 13.2. The summed E-state index contributed by atoms with van der Waals surface area (Å²) in [6.07, 6.45) is 0.996. The lowest BCUT2D eigenvalue weighted by molar-refractivity contribution is 0.0775. The van der Waals surface area contributed by atoms with Gasteiger partial charge in [0.25, 0.3) is 5.91 Å². The Morgan fingerprint density at radius 3 is 2.76 bits per heavy atom. The van der Waals surface area contributed by atoms with E-state index in [-0.39, 0.29) is 17.2 Å². The number of hydrogen-bond donors (Lipinski definition) is 1. The highest BCUT2D eigenvalue weighted by molar-refractivity contribution is 5.99. The second-order valence-corrected chi connectivity index (χ2v) is 4.40. The van der Waals surface area contributed by atoms with Crippen molar-refractivity contribution < 1.29 is 9.18 Å². The van der Waals surface area contributed by atoms with Gasteiger partial charge in [-0.1, -0.05) is 26.3 Å². The summed E-state index contributed by atoms with van der Waals surface area (Å²) in [6.45, 7) is 4.78. The molecule has 4 heteroatoms. The molecule has 1 aromatic carbocycles. The van der Waals surface area contributed by atoms with E-state index in [1.165, 1.54) is 12.1 Å². The minimum absolute atomic E-state index is 0.0755. The summed E-state index contributed by atoms with van der Waals surface area (Å²) in [5.74, 6) is -0.367. The van der Waals surface area contributed by atoms with E-state index in [0.717, 1.165) is 6.42 Å². The predicted molar refractivity (Wildman–Crippen MR) is 67.2 cm³/mol. The van der Waals surface area contributed by atoms with Crippen LogP contribution < -0.4 is 5.73 Å². The van der Waals surface area contributed by atoms with Crippen LogP contribution in [0.25, 0.3) is 0 Å². The molecule has 0 saturated carbocycles. The smallest absolute Gasteiger partial charge is 0.255 e. The molecule has 0 radical (unpaired) electrons. The molecule has 1 unspecified atom stereocenters. The highest BCUT2D eigenvalue weighted by Crippen LogP contribution is 2.18. The summed E-state index contributed by atoms with van der Waals surface area (Å²) < 4.78 is 13.2. The normalized spacial score (nSPS) is 12.2. The van der Waals surface area contributed by atoms with Crippen molar-refractivity contribution in [3.8, 4) is 0 Å². The van der Waals surface area contributed by atoms with Gasteiger partial charge in [0, 0.05) is 13.6 Å². The second-order valence-electron chi connectivity index (χ2n) is 4.40. The van der Waals surface area contributed by atoms with Crippen LogP contribution in [0.4, 0.5) is 10.1 Å². The number of nitrogen functional groups attached to an aromatic ring is 1. The lowest BCUT2D eigenvalue weighted by atomic mass is 10.1. The first kappa shape index (κ1) is 13.5. The largest absolute Gasteiger partial charge is 0.396 e. The number of halogens is 1. The Balaban J connectivity index is 2.85. The topological polar surface area (TPSA) is 46.3 Å². The van der Waals surface area contributed by atoms with Crippen LogP contribution in [-0.4, -0.2) is 24.4 Å². The van der Waals surface area contributed by atoms with E-state index < -0.39 is 5.82 Å². The lowest BCUT2D eigenvalue weighted by Crippen LogP contribution is -2.31. The molecule has 2 N–H and O–H groups in total. The number of carbonyl (C=O) groups is 1. The van der Waals surface area contributed by atoms with E-state index in [1.54, 1.807) is 18.0 Å². The van der Waals surface area contributed by atoms with Crippen LogP contribution in [0.3, 0.4) is 0 Å². The van der Waals surface area contributed by atoms with Crippen LogP contribution in [-0.2, 0) is 0 Å². The molecule has 1 rings (SSSR count). The molecule has 17 heavy (non-hydrogen) atoms. The molecular weight excluding hydrogens is 219 g/mol. The van der Waals surface area contributed by atoms with Gasteiger partial charge in [0.05, 0.1) is 11.3 Å². The van der Waals surface area contributed by atoms with E-state index in [0.29, 0.717) is 12.5 Å². The molecule has 0 aliphatic heterocycles. The van der Waals surface area contributed by atoms with Gasteiger partial charge in [-0.25, -0.2) is 4.39 Å². The maximum Gasteiger partial charge on any atom is 0.255 e. The summed E-state index contributed by atoms with van der Waals surface area (Å²) in [6, 6.07) is 4.30. The van der Waals surface area contributed by atoms with Crippen LogP contribution >= 0.6 is 0 Å². The fourth-order valence-electron chi connectivity index (χ4n) is 1.61. The van der Waals surface area contributed by atoms with Gasteiger partial charge in [-0.05, 0) is 18.1 Å². The van der Waals surface area contributed by atoms with Crippen molar-refractivity contribution in [1.82, 2.24) is 4.90 Å². The molecule has 0 aliphatic carbocycles. The Kier molecular flexibility index (Phi) is 4.49. The third kappa shape index (κ3) is 3.19. The quantitative estimate of drug-likeness (QED) is 0.819. The summed E-state index contributed by atoms with van der Waals surface area (Å²) in [7, 11) is 1.71. The Labute approximate surface area is 101 Å². The Morgan fingerprint density at radius 2 is 2.18 bits per heavy atom. The first-order chi connectivity index (χ1) is 7.97. The van der Waals surface area contributed by atoms with E-state index in [2.05, 4.69) is 13.8 Å². The SMILES string of the molecule is CCC(C)CN(C)C(=O)c1cccc(F)c1N. The zero-order valence-electron chi connectivity index (χ0n) is 10.5. The molecule has 0 heterocycles. The number of rotatable bonds is 4. The van der Waals surface area contributed by atoms with Crippen molar-refractivity contribution in [2.45, 2.75) is 20.3 Å². The van der Waals surface area contributed by atoms with Crippen molar-refractivity contribution in [2.24, 2.45) is 5.92 Å². The van der Waals surface area contributed by atoms with E-state index in [9.17, 15) is 9.18 Å². The molecule has 0 saturated heterocycles. The molecule has 0 spiro atoms. The fraction of sp³-hybridized carbons (Fsp3) is 0.462. The maximum absolute atomic E-state index is 13.2. The van der Waals surface area contributed by atoms with Gasteiger partial charge >= 0.3 is 0 Å². The Hall–Kier alpha value is -1.58. The van der Waals surface area contributed by atoms with Gasteiger partial charge in [0.1, 0.15) is 5.82 Å². The minimum Gasteiger partial charge on any atom is -0.396 e. The average molecular weight is 238 g/mol. The Bertz CT molecular complexity index is 406. The number of benzene rings is 1.